The fraction of sp³-hybridized carbons (Fsp3) is 0.333. The first kappa shape index (κ1) is 10.8. The van der Waals surface area contributed by atoms with Crippen LogP contribution in [-0.2, 0) is 4.79 Å². The third-order valence-corrected chi connectivity index (χ3v) is 2.75. The van der Waals surface area contributed by atoms with Crippen LogP contribution in [0.5, 0.6) is 0 Å². The summed E-state index contributed by atoms with van der Waals surface area (Å²) in [7, 11) is 0. The molecular weight excluding hydrogens is 202 g/mol. The van der Waals surface area contributed by atoms with Crippen LogP contribution in [0.1, 0.15) is 11.6 Å². The van der Waals surface area contributed by atoms with E-state index >= 15 is 0 Å². The standard InChI is InChI=1S/C12H15N3O/c1-2-12(16)15-7-6-14-11(9-15)10-4-3-5-13-8-10/h2-5,8,11,14H,1,6-7,9H2. The first-order valence-electron chi connectivity index (χ1n) is 5.36. The third-order valence-electron chi connectivity index (χ3n) is 2.75. The van der Waals surface area contributed by atoms with E-state index in [-0.39, 0.29) is 11.9 Å². The average Bonchev–Trinajstić information content (AvgIpc) is 2.39. The highest BCUT2D eigenvalue weighted by Crippen LogP contribution is 2.16. The molecule has 1 aromatic rings. The van der Waals surface area contributed by atoms with Gasteiger partial charge in [-0.25, -0.2) is 0 Å². The smallest absolute Gasteiger partial charge is 0.246 e. The van der Waals surface area contributed by atoms with Crippen LogP contribution in [-0.4, -0.2) is 35.4 Å². The van der Waals surface area contributed by atoms with Crippen molar-refractivity contribution in [2.75, 3.05) is 19.6 Å². The second-order valence-corrected chi connectivity index (χ2v) is 3.78. The number of nitrogens with zero attached hydrogens (tertiary/aromatic N) is 2. The molecule has 1 atom stereocenters. The highest BCUT2D eigenvalue weighted by molar-refractivity contribution is 5.87. The van der Waals surface area contributed by atoms with E-state index in [4.69, 9.17) is 0 Å². The second kappa shape index (κ2) is 4.90. The summed E-state index contributed by atoms with van der Waals surface area (Å²) in [6.07, 6.45) is 4.95. The Kier molecular flexibility index (Phi) is 3.31. The number of aromatic nitrogens is 1. The van der Waals surface area contributed by atoms with Crippen LogP contribution < -0.4 is 5.32 Å². The maximum Gasteiger partial charge on any atom is 0.246 e. The highest BCUT2D eigenvalue weighted by Gasteiger charge is 2.22. The summed E-state index contributed by atoms with van der Waals surface area (Å²) < 4.78 is 0. The van der Waals surface area contributed by atoms with Crippen molar-refractivity contribution >= 4 is 5.91 Å². The molecule has 2 heterocycles. The van der Waals surface area contributed by atoms with Crippen molar-refractivity contribution in [3.8, 4) is 0 Å². The molecule has 4 nitrogen and oxygen atoms in total. The lowest BCUT2D eigenvalue weighted by atomic mass is 10.1. The maximum absolute atomic E-state index is 11.5. The lowest BCUT2D eigenvalue weighted by Gasteiger charge is -2.33. The van der Waals surface area contributed by atoms with Gasteiger partial charge in [-0.2, -0.15) is 0 Å². The van der Waals surface area contributed by atoms with E-state index in [1.54, 1.807) is 11.1 Å². The van der Waals surface area contributed by atoms with Crippen molar-refractivity contribution < 1.29 is 4.79 Å². The molecule has 0 aliphatic carbocycles. The van der Waals surface area contributed by atoms with Crippen molar-refractivity contribution in [1.29, 1.82) is 0 Å². The van der Waals surface area contributed by atoms with Crippen LogP contribution >= 0.6 is 0 Å². The van der Waals surface area contributed by atoms with Gasteiger partial charge in [0, 0.05) is 32.0 Å². The lowest BCUT2D eigenvalue weighted by Crippen LogP contribution is -2.47. The first-order valence-corrected chi connectivity index (χ1v) is 5.36. The average molecular weight is 217 g/mol. The Hall–Kier alpha value is -1.68. The van der Waals surface area contributed by atoms with Gasteiger partial charge in [-0.05, 0) is 17.7 Å². The van der Waals surface area contributed by atoms with Crippen LogP contribution in [0.3, 0.4) is 0 Å². The highest BCUT2D eigenvalue weighted by atomic mass is 16.2. The van der Waals surface area contributed by atoms with Gasteiger partial charge in [-0.1, -0.05) is 12.6 Å². The van der Waals surface area contributed by atoms with E-state index in [0.29, 0.717) is 6.54 Å². The Morgan fingerprint density at radius 2 is 2.56 bits per heavy atom. The Morgan fingerprint density at radius 1 is 1.69 bits per heavy atom. The Labute approximate surface area is 95.0 Å². The normalized spacial score (nSPS) is 20.5. The summed E-state index contributed by atoms with van der Waals surface area (Å²) in [4.78, 5) is 17.4. The molecule has 0 spiro atoms. The fourth-order valence-corrected chi connectivity index (χ4v) is 1.88. The molecule has 0 bridgehead atoms. The van der Waals surface area contributed by atoms with E-state index in [1.165, 1.54) is 6.08 Å². The minimum atomic E-state index is -0.00427. The largest absolute Gasteiger partial charge is 0.336 e. The molecule has 4 heteroatoms. The summed E-state index contributed by atoms with van der Waals surface area (Å²) in [6.45, 7) is 5.73. The number of hydrogen-bond acceptors (Lipinski definition) is 3. The van der Waals surface area contributed by atoms with Gasteiger partial charge in [0.05, 0.1) is 6.04 Å². The molecule has 2 rings (SSSR count). The van der Waals surface area contributed by atoms with Crippen molar-refractivity contribution in [3.05, 3.63) is 42.7 Å². The third kappa shape index (κ3) is 2.28. The number of rotatable bonds is 2. The molecule has 1 amide bonds. The Bertz CT molecular complexity index is 377. The molecule has 1 fully saturated rings. The van der Waals surface area contributed by atoms with Crippen LogP contribution in [0.2, 0.25) is 0 Å². The summed E-state index contributed by atoms with van der Waals surface area (Å²) in [6, 6.07) is 4.10. The van der Waals surface area contributed by atoms with E-state index in [0.717, 1.165) is 18.7 Å². The quantitative estimate of drug-likeness (QED) is 0.743. The van der Waals surface area contributed by atoms with Crippen molar-refractivity contribution in [2.24, 2.45) is 0 Å². The van der Waals surface area contributed by atoms with Crippen LogP contribution in [0, 0.1) is 0 Å². The maximum atomic E-state index is 11.5. The van der Waals surface area contributed by atoms with E-state index in [9.17, 15) is 4.79 Å². The molecule has 0 aromatic carbocycles. The summed E-state index contributed by atoms with van der Waals surface area (Å²) >= 11 is 0. The summed E-state index contributed by atoms with van der Waals surface area (Å²) in [5.74, 6) is -0.00427. The molecule has 16 heavy (non-hydrogen) atoms. The molecule has 1 unspecified atom stereocenters. The molecule has 1 aromatic heterocycles. The van der Waals surface area contributed by atoms with Gasteiger partial charge < -0.3 is 10.2 Å². The molecule has 1 saturated heterocycles. The van der Waals surface area contributed by atoms with Crippen LogP contribution in [0.15, 0.2) is 37.2 Å². The number of carbonyl (C=O) groups is 1. The van der Waals surface area contributed by atoms with Crippen LogP contribution in [0.25, 0.3) is 0 Å². The van der Waals surface area contributed by atoms with Crippen molar-refractivity contribution in [2.45, 2.75) is 6.04 Å². The molecule has 0 radical (unpaired) electrons. The second-order valence-electron chi connectivity index (χ2n) is 3.78. The topological polar surface area (TPSA) is 45.2 Å². The minimum Gasteiger partial charge on any atom is -0.336 e. The lowest BCUT2D eigenvalue weighted by molar-refractivity contribution is -0.127. The number of carbonyl (C=O) groups excluding carboxylic acids is 1. The van der Waals surface area contributed by atoms with Gasteiger partial charge in [0.2, 0.25) is 5.91 Å². The zero-order valence-corrected chi connectivity index (χ0v) is 9.10. The van der Waals surface area contributed by atoms with E-state index < -0.39 is 0 Å². The summed E-state index contributed by atoms with van der Waals surface area (Å²) in [5.41, 5.74) is 1.11. The monoisotopic (exact) mass is 217 g/mol. The molecular formula is C12H15N3O. The zero-order valence-electron chi connectivity index (χ0n) is 9.10. The van der Waals surface area contributed by atoms with Gasteiger partial charge in [-0.3, -0.25) is 9.78 Å². The van der Waals surface area contributed by atoms with Gasteiger partial charge >= 0.3 is 0 Å². The Morgan fingerprint density at radius 3 is 3.25 bits per heavy atom. The van der Waals surface area contributed by atoms with E-state index in [1.807, 2.05) is 18.3 Å². The van der Waals surface area contributed by atoms with Gasteiger partial charge in [0.25, 0.3) is 0 Å². The Balaban J connectivity index is 2.07. The number of hydrogen-bond donors (Lipinski definition) is 1. The number of amides is 1. The predicted octanol–water partition coefficient (Wildman–Crippen LogP) is 0.740. The number of nitrogens with one attached hydrogen (secondary N) is 1. The molecule has 0 saturated carbocycles. The molecule has 1 N–H and O–H groups in total. The molecule has 1 aliphatic rings. The van der Waals surface area contributed by atoms with Gasteiger partial charge in [0.15, 0.2) is 0 Å². The van der Waals surface area contributed by atoms with Crippen molar-refractivity contribution in [3.63, 3.8) is 0 Å². The number of pyridine rings is 1. The van der Waals surface area contributed by atoms with E-state index in [2.05, 4.69) is 16.9 Å². The molecule has 1 aliphatic heterocycles. The number of piperazine rings is 1. The zero-order chi connectivity index (χ0) is 11.4. The van der Waals surface area contributed by atoms with Crippen molar-refractivity contribution in [1.82, 2.24) is 15.2 Å². The SMILES string of the molecule is C=CC(=O)N1CCNC(c2cccnc2)C1. The van der Waals surface area contributed by atoms with Gasteiger partial charge in [-0.15, -0.1) is 0 Å². The first-order chi connectivity index (χ1) is 7.81. The van der Waals surface area contributed by atoms with Gasteiger partial charge in [0.1, 0.15) is 0 Å². The fourth-order valence-electron chi connectivity index (χ4n) is 1.88. The molecule has 84 valence electrons. The summed E-state index contributed by atoms with van der Waals surface area (Å²) in [5, 5.41) is 3.38. The van der Waals surface area contributed by atoms with Crippen LogP contribution in [0.4, 0.5) is 0 Å². The minimum absolute atomic E-state index is 0.00427. The predicted molar refractivity (Wildman–Crippen MR) is 61.8 cm³/mol.